The summed E-state index contributed by atoms with van der Waals surface area (Å²) in [5.74, 6) is -2.76. The molecule has 1 amide bonds. The molecule has 1 fully saturated rings. The van der Waals surface area contributed by atoms with Crippen molar-refractivity contribution < 1.29 is 32.6 Å². The molecule has 6 nitrogen and oxygen atoms in total. The predicted molar refractivity (Wildman–Crippen MR) is 79.1 cm³/mol. The first-order valence-electron chi connectivity index (χ1n) is 7.21. The molecule has 0 atom stereocenters. The number of piperidine rings is 1. The number of amides is 1. The summed E-state index contributed by atoms with van der Waals surface area (Å²) in [6.45, 7) is 1.74. The summed E-state index contributed by atoms with van der Waals surface area (Å²) >= 11 is 0. The number of aliphatic carboxylic acids is 1. The molecule has 2 rings (SSSR count). The Kier molecular flexibility index (Phi) is 7.50. The van der Waals surface area contributed by atoms with Gasteiger partial charge in [0.15, 0.2) is 0 Å². The van der Waals surface area contributed by atoms with Gasteiger partial charge in [-0.2, -0.15) is 13.2 Å². The molecular formula is C15H19F3N2O4. The standard InChI is InChI=1S/C13H18N2O2.C2HF3O2/c14-12-6-8-15(9-7-12)13(16)17-10-11-4-2-1-3-5-11;3-2(4,5)1(6)7/h1-5,12H,6-10,14H2;(H,6,7). The van der Waals surface area contributed by atoms with Crippen molar-refractivity contribution in [2.24, 2.45) is 5.73 Å². The van der Waals surface area contributed by atoms with Crippen molar-refractivity contribution in [2.45, 2.75) is 31.7 Å². The number of carboxylic acids is 1. The maximum atomic E-state index is 11.7. The zero-order valence-corrected chi connectivity index (χ0v) is 12.8. The fourth-order valence-electron chi connectivity index (χ4n) is 1.89. The molecular weight excluding hydrogens is 329 g/mol. The summed E-state index contributed by atoms with van der Waals surface area (Å²) in [4.78, 5) is 22.4. The van der Waals surface area contributed by atoms with E-state index in [1.54, 1.807) is 4.90 Å². The lowest BCUT2D eigenvalue weighted by atomic mass is 10.1. The molecule has 0 aromatic heterocycles. The zero-order chi connectivity index (χ0) is 18.2. The molecule has 0 aliphatic carbocycles. The fraction of sp³-hybridized carbons (Fsp3) is 0.467. The van der Waals surface area contributed by atoms with E-state index in [0.29, 0.717) is 19.7 Å². The van der Waals surface area contributed by atoms with Crippen molar-refractivity contribution in [1.29, 1.82) is 0 Å². The van der Waals surface area contributed by atoms with E-state index in [1.165, 1.54) is 0 Å². The largest absolute Gasteiger partial charge is 0.490 e. The number of likely N-dealkylation sites (tertiary alicyclic amines) is 1. The Morgan fingerprint density at radius 3 is 2.17 bits per heavy atom. The summed E-state index contributed by atoms with van der Waals surface area (Å²) < 4.78 is 37.0. The summed E-state index contributed by atoms with van der Waals surface area (Å²) in [7, 11) is 0. The summed E-state index contributed by atoms with van der Waals surface area (Å²) in [6.07, 6.45) is -3.60. The number of halogens is 3. The molecule has 3 N–H and O–H groups in total. The van der Waals surface area contributed by atoms with E-state index >= 15 is 0 Å². The van der Waals surface area contributed by atoms with Crippen LogP contribution < -0.4 is 5.73 Å². The maximum Gasteiger partial charge on any atom is 0.490 e. The van der Waals surface area contributed by atoms with Crippen LogP contribution in [0.25, 0.3) is 0 Å². The number of hydrogen-bond acceptors (Lipinski definition) is 4. The molecule has 1 aromatic carbocycles. The number of carbonyl (C=O) groups is 2. The maximum absolute atomic E-state index is 11.7. The lowest BCUT2D eigenvalue weighted by molar-refractivity contribution is -0.192. The molecule has 0 spiro atoms. The molecule has 1 aromatic rings. The fourth-order valence-corrected chi connectivity index (χ4v) is 1.89. The first-order valence-corrected chi connectivity index (χ1v) is 7.21. The average Bonchev–Trinajstić information content (AvgIpc) is 2.54. The Labute approximate surface area is 137 Å². The quantitative estimate of drug-likeness (QED) is 0.856. The van der Waals surface area contributed by atoms with Gasteiger partial charge in [-0.25, -0.2) is 9.59 Å². The van der Waals surface area contributed by atoms with Crippen LogP contribution in [0.2, 0.25) is 0 Å². The van der Waals surface area contributed by atoms with E-state index in [2.05, 4.69) is 0 Å². The smallest absolute Gasteiger partial charge is 0.475 e. The molecule has 134 valence electrons. The lowest BCUT2D eigenvalue weighted by Gasteiger charge is -2.29. The van der Waals surface area contributed by atoms with Crippen molar-refractivity contribution in [1.82, 2.24) is 4.90 Å². The van der Waals surface area contributed by atoms with Crippen LogP contribution in [0.15, 0.2) is 30.3 Å². The topological polar surface area (TPSA) is 92.9 Å². The summed E-state index contributed by atoms with van der Waals surface area (Å²) in [6, 6.07) is 9.93. The number of ether oxygens (including phenoxy) is 1. The summed E-state index contributed by atoms with van der Waals surface area (Å²) in [5, 5.41) is 7.12. The van der Waals surface area contributed by atoms with Gasteiger partial charge < -0.3 is 20.5 Å². The first kappa shape index (κ1) is 19.8. The molecule has 9 heteroatoms. The number of carboxylic acid groups (broad SMARTS) is 1. The van der Waals surface area contributed by atoms with Crippen molar-refractivity contribution in [2.75, 3.05) is 13.1 Å². The number of rotatable bonds is 2. The van der Waals surface area contributed by atoms with Crippen molar-refractivity contribution in [3.05, 3.63) is 35.9 Å². The van der Waals surface area contributed by atoms with Crippen molar-refractivity contribution >= 4 is 12.1 Å². The van der Waals surface area contributed by atoms with Crippen molar-refractivity contribution in [3.63, 3.8) is 0 Å². The van der Waals surface area contributed by atoms with Gasteiger partial charge in [-0.05, 0) is 18.4 Å². The minimum absolute atomic E-state index is 0.230. The van der Waals surface area contributed by atoms with Crippen LogP contribution in [0.4, 0.5) is 18.0 Å². The highest BCUT2D eigenvalue weighted by Gasteiger charge is 2.38. The van der Waals surface area contributed by atoms with Gasteiger partial charge in [0.2, 0.25) is 0 Å². The SMILES string of the molecule is NC1CCN(C(=O)OCc2ccccc2)CC1.O=C(O)C(F)(F)F. The van der Waals surface area contributed by atoms with Crippen LogP contribution >= 0.6 is 0 Å². The van der Waals surface area contributed by atoms with Crippen LogP contribution in [0.5, 0.6) is 0 Å². The Bertz CT molecular complexity index is 529. The van der Waals surface area contributed by atoms with E-state index in [0.717, 1.165) is 18.4 Å². The predicted octanol–water partition coefficient (Wildman–Crippen LogP) is 2.38. The van der Waals surface area contributed by atoms with Gasteiger partial charge in [-0.15, -0.1) is 0 Å². The second-order valence-corrected chi connectivity index (χ2v) is 5.17. The Morgan fingerprint density at radius 1 is 1.21 bits per heavy atom. The molecule has 1 aliphatic heterocycles. The Morgan fingerprint density at radius 2 is 1.71 bits per heavy atom. The second-order valence-electron chi connectivity index (χ2n) is 5.17. The number of nitrogens with zero attached hydrogens (tertiary/aromatic N) is 1. The van der Waals surface area contributed by atoms with Gasteiger partial charge >= 0.3 is 18.2 Å². The van der Waals surface area contributed by atoms with Crippen LogP contribution in [-0.4, -0.2) is 47.4 Å². The van der Waals surface area contributed by atoms with E-state index in [9.17, 15) is 18.0 Å². The number of nitrogens with two attached hydrogens (primary N) is 1. The highest BCUT2D eigenvalue weighted by Crippen LogP contribution is 2.13. The average molecular weight is 348 g/mol. The van der Waals surface area contributed by atoms with E-state index < -0.39 is 12.1 Å². The minimum atomic E-state index is -5.08. The number of benzene rings is 1. The van der Waals surface area contributed by atoms with E-state index in [1.807, 2.05) is 30.3 Å². The third-order valence-corrected chi connectivity index (χ3v) is 3.25. The monoisotopic (exact) mass is 348 g/mol. The number of alkyl halides is 3. The molecule has 24 heavy (non-hydrogen) atoms. The van der Waals surface area contributed by atoms with Gasteiger partial charge in [-0.3, -0.25) is 0 Å². The molecule has 0 unspecified atom stereocenters. The van der Waals surface area contributed by atoms with Gasteiger partial charge in [0, 0.05) is 19.1 Å². The van der Waals surface area contributed by atoms with Crippen molar-refractivity contribution in [3.8, 4) is 0 Å². The molecule has 1 aliphatic rings. The lowest BCUT2D eigenvalue weighted by Crippen LogP contribution is -2.43. The Hall–Kier alpha value is -2.29. The second kappa shape index (κ2) is 9.11. The zero-order valence-electron chi connectivity index (χ0n) is 12.8. The Balaban J connectivity index is 0.000000351. The number of hydrogen-bond donors (Lipinski definition) is 2. The third-order valence-electron chi connectivity index (χ3n) is 3.25. The molecule has 0 radical (unpaired) electrons. The normalized spacial score (nSPS) is 15.2. The van der Waals surface area contributed by atoms with Crippen LogP contribution in [0.1, 0.15) is 18.4 Å². The van der Waals surface area contributed by atoms with Gasteiger partial charge in [0.1, 0.15) is 6.61 Å². The third kappa shape index (κ3) is 7.32. The van der Waals surface area contributed by atoms with Gasteiger partial charge in [0.25, 0.3) is 0 Å². The minimum Gasteiger partial charge on any atom is -0.475 e. The summed E-state index contributed by atoms with van der Waals surface area (Å²) in [5.41, 5.74) is 6.79. The number of carbonyl (C=O) groups excluding carboxylic acids is 1. The molecule has 1 heterocycles. The van der Waals surface area contributed by atoms with Crippen LogP contribution in [0.3, 0.4) is 0 Å². The highest BCUT2D eigenvalue weighted by molar-refractivity contribution is 5.73. The molecule has 0 bridgehead atoms. The highest BCUT2D eigenvalue weighted by atomic mass is 19.4. The first-order chi connectivity index (χ1) is 11.2. The molecule has 0 saturated carbocycles. The van der Waals surface area contributed by atoms with Gasteiger partial charge in [-0.1, -0.05) is 30.3 Å². The van der Waals surface area contributed by atoms with Crippen LogP contribution in [0, 0.1) is 0 Å². The molecule has 1 saturated heterocycles. The van der Waals surface area contributed by atoms with Gasteiger partial charge in [0.05, 0.1) is 0 Å². The van der Waals surface area contributed by atoms with Crippen LogP contribution in [-0.2, 0) is 16.1 Å². The van der Waals surface area contributed by atoms with E-state index in [4.69, 9.17) is 20.4 Å². The van der Waals surface area contributed by atoms with E-state index in [-0.39, 0.29) is 12.1 Å².